The summed E-state index contributed by atoms with van der Waals surface area (Å²) in [6, 6.07) is 7.23. The van der Waals surface area contributed by atoms with E-state index in [0.29, 0.717) is 17.4 Å². The quantitative estimate of drug-likeness (QED) is 0.850. The number of anilines is 1. The minimum Gasteiger partial charge on any atom is -0.326 e. The molecule has 0 saturated heterocycles. The second-order valence-corrected chi connectivity index (χ2v) is 4.85. The van der Waals surface area contributed by atoms with E-state index in [1.165, 1.54) is 25.7 Å². The largest absolute Gasteiger partial charge is 0.326 e. The number of carbonyl (C=O) groups excluding carboxylic acids is 1. The Morgan fingerprint density at radius 2 is 1.88 bits per heavy atom. The second-order valence-electron chi connectivity index (χ2n) is 4.41. The van der Waals surface area contributed by atoms with Crippen molar-refractivity contribution in [1.82, 2.24) is 0 Å². The van der Waals surface area contributed by atoms with E-state index >= 15 is 0 Å². The molecule has 1 aromatic rings. The summed E-state index contributed by atoms with van der Waals surface area (Å²) in [5, 5.41) is 3.59. The first kappa shape index (κ1) is 11.5. The lowest BCUT2D eigenvalue weighted by Gasteiger charge is -2.09. The minimum atomic E-state index is 0.120. The van der Waals surface area contributed by atoms with Crippen LogP contribution in [0.25, 0.3) is 0 Å². The minimum absolute atomic E-state index is 0.120. The molecule has 0 radical (unpaired) electrons. The molecule has 1 aliphatic rings. The monoisotopic (exact) mass is 237 g/mol. The smallest absolute Gasteiger partial charge is 0.224 e. The van der Waals surface area contributed by atoms with Crippen molar-refractivity contribution in [1.29, 1.82) is 0 Å². The second kappa shape index (κ2) is 5.35. The Balaban J connectivity index is 1.84. The van der Waals surface area contributed by atoms with Gasteiger partial charge in [0.15, 0.2) is 0 Å². The highest BCUT2D eigenvalue weighted by Crippen LogP contribution is 2.27. The van der Waals surface area contributed by atoms with Crippen LogP contribution in [0.15, 0.2) is 24.3 Å². The highest BCUT2D eigenvalue weighted by atomic mass is 35.5. The molecule has 16 heavy (non-hydrogen) atoms. The van der Waals surface area contributed by atoms with Crippen molar-refractivity contribution in [3.05, 3.63) is 29.3 Å². The van der Waals surface area contributed by atoms with Crippen molar-refractivity contribution in [3.63, 3.8) is 0 Å². The summed E-state index contributed by atoms with van der Waals surface area (Å²) in [4.78, 5) is 11.7. The summed E-state index contributed by atoms with van der Waals surface area (Å²) in [6.07, 6.45) is 5.61. The number of nitrogens with one attached hydrogen (secondary N) is 1. The molecule has 1 aliphatic carbocycles. The van der Waals surface area contributed by atoms with Gasteiger partial charge < -0.3 is 5.32 Å². The maximum atomic E-state index is 11.7. The molecule has 2 rings (SSSR count). The fourth-order valence-electron chi connectivity index (χ4n) is 2.22. The molecule has 0 spiro atoms. The zero-order valence-corrected chi connectivity index (χ0v) is 9.96. The molecule has 2 nitrogen and oxygen atoms in total. The first-order valence-electron chi connectivity index (χ1n) is 5.79. The van der Waals surface area contributed by atoms with Gasteiger partial charge >= 0.3 is 0 Å². The van der Waals surface area contributed by atoms with Gasteiger partial charge in [-0.1, -0.05) is 24.4 Å². The number of carbonyl (C=O) groups is 1. The fourth-order valence-corrected chi connectivity index (χ4v) is 2.35. The van der Waals surface area contributed by atoms with Crippen molar-refractivity contribution in [3.8, 4) is 0 Å². The molecule has 0 heterocycles. The predicted octanol–water partition coefficient (Wildman–Crippen LogP) is 3.86. The first-order chi connectivity index (χ1) is 7.74. The van der Waals surface area contributed by atoms with Crippen LogP contribution in [0.3, 0.4) is 0 Å². The molecular weight excluding hydrogens is 222 g/mol. The van der Waals surface area contributed by atoms with E-state index < -0.39 is 0 Å². The molecule has 0 atom stereocenters. The zero-order chi connectivity index (χ0) is 11.4. The standard InChI is InChI=1S/C13H16ClNO/c14-11-5-7-12(8-6-11)15-13(16)9-10-3-1-2-4-10/h5-8,10H,1-4,9H2,(H,15,16). The van der Waals surface area contributed by atoms with Crippen molar-refractivity contribution in [2.24, 2.45) is 5.92 Å². The molecule has 1 fully saturated rings. The lowest BCUT2D eigenvalue weighted by atomic mass is 10.0. The Kier molecular flexibility index (Phi) is 3.83. The summed E-state index contributed by atoms with van der Waals surface area (Å²) in [5.74, 6) is 0.710. The summed E-state index contributed by atoms with van der Waals surface area (Å²) < 4.78 is 0. The molecule has 1 N–H and O–H groups in total. The highest BCUT2D eigenvalue weighted by Gasteiger charge is 2.18. The van der Waals surface area contributed by atoms with Crippen molar-refractivity contribution < 1.29 is 4.79 Å². The molecule has 0 aromatic heterocycles. The van der Waals surface area contributed by atoms with Gasteiger partial charge in [-0.25, -0.2) is 0 Å². The average molecular weight is 238 g/mol. The van der Waals surface area contributed by atoms with E-state index in [-0.39, 0.29) is 5.91 Å². The number of hydrogen-bond donors (Lipinski definition) is 1. The van der Waals surface area contributed by atoms with Crippen LogP contribution in [-0.4, -0.2) is 5.91 Å². The van der Waals surface area contributed by atoms with Gasteiger partial charge in [0.2, 0.25) is 5.91 Å². The number of benzene rings is 1. The third-order valence-corrected chi connectivity index (χ3v) is 3.33. The molecule has 1 aromatic carbocycles. The third-order valence-electron chi connectivity index (χ3n) is 3.08. The van der Waals surface area contributed by atoms with Crippen LogP contribution in [-0.2, 0) is 4.79 Å². The van der Waals surface area contributed by atoms with E-state index in [1.807, 2.05) is 12.1 Å². The van der Waals surface area contributed by atoms with Crippen molar-refractivity contribution in [2.75, 3.05) is 5.32 Å². The van der Waals surface area contributed by atoms with E-state index in [0.717, 1.165) is 5.69 Å². The maximum absolute atomic E-state index is 11.7. The van der Waals surface area contributed by atoms with Gasteiger partial charge in [-0.2, -0.15) is 0 Å². The van der Waals surface area contributed by atoms with Gasteiger partial charge in [-0.15, -0.1) is 0 Å². The number of rotatable bonds is 3. The lowest BCUT2D eigenvalue weighted by molar-refractivity contribution is -0.117. The first-order valence-corrected chi connectivity index (χ1v) is 6.17. The summed E-state index contributed by atoms with van der Waals surface area (Å²) >= 11 is 5.77. The number of hydrogen-bond acceptors (Lipinski definition) is 1. The molecule has 1 saturated carbocycles. The van der Waals surface area contributed by atoms with Crippen molar-refractivity contribution >= 4 is 23.2 Å². The molecule has 0 bridgehead atoms. The van der Waals surface area contributed by atoms with Gasteiger partial charge in [0.05, 0.1) is 0 Å². The lowest BCUT2D eigenvalue weighted by Crippen LogP contribution is -2.14. The summed E-state index contributed by atoms with van der Waals surface area (Å²) in [7, 11) is 0. The van der Waals surface area contributed by atoms with Crippen LogP contribution >= 0.6 is 11.6 Å². The van der Waals surface area contributed by atoms with Crippen molar-refractivity contribution in [2.45, 2.75) is 32.1 Å². The fraction of sp³-hybridized carbons (Fsp3) is 0.462. The Bertz CT molecular complexity index is 355. The Hall–Kier alpha value is -1.02. The SMILES string of the molecule is O=C(CC1CCCC1)Nc1ccc(Cl)cc1. The van der Waals surface area contributed by atoms with Gasteiger partial charge in [0.25, 0.3) is 0 Å². The summed E-state index contributed by atoms with van der Waals surface area (Å²) in [5.41, 5.74) is 0.826. The van der Waals surface area contributed by atoms with Gasteiger partial charge in [-0.3, -0.25) is 4.79 Å². The van der Waals surface area contributed by atoms with Crippen LogP contribution in [0.2, 0.25) is 5.02 Å². The topological polar surface area (TPSA) is 29.1 Å². The molecular formula is C13H16ClNO. The van der Waals surface area contributed by atoms with Crippen LogP contribution in [0, 0.1) is 5.92 Å². The van der Waals surface area contributed by atoms with E-state index in [2.05, 4.69) is 5.32 Å². The van der Waals surface area contributed by atoms with Gasteiger partial charge in [0.1, 0.15) is 0 Å². The number of amides is 1. The Morgan fingerprint density at radius 3 is 2.50 bits per heavy atom. The molecule has 0 unspecified atom stereocenters. The third kappa shape index (κ3) is 3.24. The normalized spacial score (nSPS) is 16.3. The highest BCUT2D eigenvalue weighted by molar-refractivity contribution is 6.30. The van der Waals surface area contributed by atoms with E-state index in [1.54, 1.807) is 12.1 Å². The van der Waals surface area contributed by atoms with E-state index in [9.17, 15) is 4.79 Å². The average Bonchev–Trinajstić information content (AvgIpc) is 2.74. The molecule has 3 heteroatoms. The summed E-state index contributed by atoms with van der Waals surface area (Å²) in [6.45, 7) is 0. The Morgan fingerprint density at radius 1 is 1.25 bits per heavy atom. The van der Waals surface area contributed by atoms with Crippen LogP contribution < -0.4 is 5.32 Å². The molecule has 86 valence electrons. The predicted molar refractivity (Wildman–Crippen MR) is 66.7 cm³/mol. The Labute approximate surface area is 101 Å². The van der Waals surface area contributed by atoms with Crippen LogP contribution in [0.4, 0.5) is 5.69 Å². The maximum Gasteiger partial charge on any atom is 0.224 e. The number of halogens is 1. The zero-order valence-electron chi connectivity index (χ0n) is 9.21. The molecule has 0 aliphatic heterocycles. The van der Waals surface area contributed by atoms with Gasteiger partial charge in [0, 0.05) is 17.1 Å². The van der Waals surface area contributed by atoms with Gasteiger partial charge in [-0.05, 0) is 43.0 Å². The van der Waals surface area contributed by atoms with Crippen LogP contribution in [0.1, 0.15) is 32.1 Å². The van der Waals surface area contributed by atoms with E-state index in [4.69, 9.17) is 11.6 Å². The molecule has 1 amide bonds. The van der Waals surface area contributed by atoms with Crippen LogP contribution in [0.5, 0.6) is 0 Å².